The molecule has 0 amide bonds. The smallest absolute Gasteiger partial charge is 0.233 e. The van der Waals surface area contributed by atoms with Gasteiger partial charge in [-0.2, -0.15) is 0 Å². The Balaban J connectivity index is 2.86. The maximum Gasteiger partial charge on any atom is 0.233 e. The van der Waals surface area contributed by atoms with Crippen LogP contribution in [-0.4, -0.2) is 36.4 Å². The van der Waals surface area contributed by atoms with Crippen molar-refractivity contribution in [2.24, 2.45) is 10.9 Å². The number of oxime groups is 1. The second kappa shape index (κ2) is 6.14. The fraction of sp³-hybridized carbons (Fsp3) is 0.333. The Kier molecular flexibility index (Phi) is 4.81. The zero-order valence-electron chi connectivity index (χ0n) is 8.68. The minimum atomic E-state index is -0.0935. The predicted octanol–water partition coefficient (Wildman–Crippen LogP) is 0.855. The number of methoxy groups -OCH3 is 1. The van der Waals surface area contributed by atoms with Crippen molar-refractivity contribution in [2.75, 3.05) is 20.3 Å². The van der Waals surface area contributed by atoms with Crippen molar-refractivity contribution in [3.05, 3.63) is 22.8 Å². The quantitative estimate of drug-likeness (QED) is 0.264. The largest absolute Gasteiger partial charge is 0.474 e. The van der Waals surface area contributed by atoms with E-state index in [1.165, 1.54) is 12.3 Å². The van der Waals surface area contributed by atoms with Crippen molar-refractivity contribution in [3.63, 3.8) is 0 Å². The van der Waals surface area contributed by atoms with E-state index in [1.54, 1.807) is 7.11 Å². The molecular formula is C9H12ClN3O3. The molecule has 6 nitrogen and oxygen atoms in total. The van der Waals surface area contributed by atoms with E-state index in [1.807, 2.05) is 0 Å². The Bertz CT molecular complexity index is 384. The average molecular weight is 246 g/mol. The molecule has 0 atom stereocenters. The molecule has 0 saturated heterocycles. The maximum atomic E-state index is 8.54. The zero-order chi connectivity index (χ0) is 12.0. The van der Waals surface area contributed by atoms with E-state index in [-0.39, 0.29) is 16.7 Å². The van der Waals surface area contributed by atoms with Gasteiger partial charge >= 0.3 is 0 Å². The predicted molar refractivity (Wildman–Crippen MR) is 59.1 cm³/mol. The summed E-state index contributed by atoms with van der Waals surface area (Å²) in [7, 11) is 1.56. The molecule has 88 valence electrons. The molecule has 7 heteroatoms. The fourth-order valence-corrected chi connectivity index (χ4v) is 1.26. The summed E-state index contributed by atoms with van der Waals surface area (Å²) in [4.78, 5) is 3.93. The molecule has 0 bridgehead atoms. The van der Waals surface area contributed by atoms with Crippen LogP contribution in [0.4, 0.5) is 0 Å². The lowest BCUT2D eigenvalue weighted by Gasteiger charge is -2.08. The van der Waals surface area contributed by atoms with Crippen molar-refractivity contribution >= 4 is 17.4 Å². The van der Waals surface area contributed by atoms with E-state index >= 15 is 0 Å². The van der Waals surface area contributed by atoms with Crippen LogP contribution in [0, 0.1) is 0 Å². The number of pyridine rings is 1. The third kappa shape index (κ3) is 2.98. The molecule has 16 heavy (non-hydrogen) atoms. The first-order chi connectivity index (χ1) is 7.70. The highest BCUT2D eigenvalue weighted by atomic mass is 35.5. The lowest BCUT2D eigenvalue weighted by atomic mass is 10.2. The number of nitrogens with zero attached hydrogens (tertiary/aromatic N) is 2. The second-order valence-corrected chi connectivity index (χ2v) is 3.18. The number of amidine groups is 1. The van der Waals surface area contributed by atoms with E-state index in [0.29, 0.717) is 18.8 Å². The monoisotopic (exact) mass is 245 g/mol. The van der Waals surface area contributed by atoms with Gasteiger partial charge in [-0.05, 0) is 6.07 Å². The van der Waals surface area contributed by atoms with Crippen LogP contribution in [0.1, 0.15) is 5.56 Å². The summed E-state index contributed by atoms with van der Waals surface area (Å²) in [5, 5.41) is 11.6. The lowest BCUT2D eigenvalue weighted by molar-refractivity contribution is 0.144. The van der Waals surface area contributed by atoms with Crippen molar-refractivity contribution in [1.29, 1.82) is 0 Å². The molecule has 0 unspecified atom stereocenters. The molecule has 0 radical (unpaired) electrons. The number of ether oxygens (including phenoxy) is 2. The summed E-state index contributed by atoms with van der Waals surface area (Å²) in [6.45, 7) is 0.745. The highest BCUT2D eigenvalue weighted by Crippen LogP contribution is 2.25. The average Bonchev–Trinajstić information content (AvgIpc) is 2.30. The fourth-order valence-electron chi connectivity index (χ4n) is 0.999. The summed E-state index contributed by atoms with van der Waals surface area (Å²) in [6, 6.07) is 1.53. The van der Waals surface area contributed by atoms with E-state index in [0.717, 1.165) is 0 Å². The first kappa shape index (κ1) is 12.5. The molecule has 0 aliphatic carbocycles. The molecule has 3 N–H and O–H groups in total. The summed E-state index contributed by atoms with van der Waals surface area (Å²) in [5.41, 5.74) is 5.79. The molecular weight excluding hydrogens is 234 g/mol. The number of aromatic nitrogens is 1. The SMILES string of the molecule is COCCOc1nccc(/C(N)=N/O)c1Cl. The van der Waals surface area contributed by atoms with E-state index in [9.17, 15) is 0 Å². The van der Waals surface area contributed by atoms with Gasteiger partial charge in [-0.15, -0.1) is 0 Å². The van der Waals surface area contributed by atoms with Gasteiger partial charge in [0.05, 0.1) is 6.61 Å². The molecule has 0 aliphatic rings. The van der Waals surface area contributed by atoms with Gasteiger partial charge < -0.3 is 20.4 Å². The topological polar surface area (TPSA) is 90.0 Å². The van der Waals surface area contributed by atoms with E-state index in [2.05, 4.69) is 10.1 Å². The van der Waals surface area contributed by atoms with Gasteiger partial charge in [-0.1, -0.05) is 16.8 Å². The minimum Gasteiger partial charge on any atom is -0.474 e. The van der Waals surface area contributed by atoms with Crippen molar-refractivity contribution < 1.29 is 14.7 Å². The van der Waals surface area contributed by atoms with Crippen LogP contribution in [-0.2, 0) is 4.74 Å². The molecule has 0 spiro atoms. The molecule has 1 rings (SSSR count). The van der Waals surface area contributed by atoms with Gasteiger partial charge in [0.1, 0.15) is 11.6 Å². The van der Waals surface area contributed by atoms with Gasteiger partial charge in [0.25, 0.3) is 0 Å². The van der Waals surface area contributed by atoms with Crippen LogP contribution in [0.25, 0.3) is 0 Å². The molecule has 0 fully saturated rings. The van der Waals surface area contributed by atoms with E-state index < -0.39 is 0 Å². The normalized spacial score (nSPS) is 11.5. The summed E-state index contributed by atoms with van der Waals surface area (Å²) >= 11 is 5.96. The van der Waals surface area contributed by atoms with Crippen LogP contribution in [0.15, 0.2) is 17.4 Å². The highest BCUT2D eigenvalue weighted by molar-refractivity contribution is 6.35. The Hall–Kier alpha value is -1.53. The lowest BCUT2D eigenvalue weighted by Crippen LogP contribution is -2.15. The van der Waals surface area contributed by atoms with Crippen LogP contribution >= 0.6 is 11.6 Å². The zero-order valence-corrected chi connectivity index (χ0v) is 9.44. The third-order valence-electron chi connectivity index (χ3n) is 1.77. The summed E-state index contributed by atoms with van der Waals surface area (Å²) in [5.74, 6) is 0.131. The second-order valence-electron chi connectivity index (χ2n) is 2.80. The standard InChI is InChI=1S/C9H12ClN3O3/c1-15-4-5-16-9-7(10)6(2-3-12-9)8(11)13-14/h2-3,14H,4-5H2,1H3,(H2,11,13). The molecule has 1 heterocycles. The number of hydrogen-bond acceptors (Lipinski definition) is 5. The van der Waals surface area contributed by atoms with Crippen molar-refractivity contribution in [1.82, 2.24) is 4.98 Å². The van der Waals surface area contributed by atoms with Gasteiger partial charge in [-0.3, -0.25) is 0 Å². The Labute approximate surface area is 97.6 Å². The number of rotatable bonds is 5. The Morgan fingerprint density at radius 1 is 1.62 bits per heavy atom. The van der Waals surface area contributed by atoms with Gasteiger partial charge in [-0.25, -0.2) is 4.98 Å². The Morgan fingerprint density at radius 3 is 3.00 bits per heavy atom. The first-order valence-corrected chi connectivity index (χ1v) is 4.82. The number of hydrogen-bond donors (Lipinski definition) is 2. The summed E-state index contributed by atoms with van der Waals surface area (Å²) in [6.07, 6.45) is 1.46. The number of halogens is 1. The molecule has 0 aromatic carbocycles. The summed E-state index contributed by atoms with van der Waals surface area (Å²) < 4.78 is 10.1. The van der Waals surface area contributed by atoms with Gasteiger partial charge in [0.2, 0.25) is 5.88 Å². The van der Waals surface area contributed by atoms with E-state index in [4.69, 9.17) is 32.0 Å². The molecule has 1 aromatic rings. The maximum absolute atomic E-state index is 8.54. The van der Waals surface area contributed by atoms with Gasteiger partial charge in [0, 0.05) is 18.9 Å². The van der Waals surface area contributed by atoms with Crippen LogP contribution in [0.5, 0.6) is 5.88 Å². The van der Waals surface area contributed by atoms with Crippen LogP contribution in [0.2, 0.25) is 5.02 Å². The first-order valence-electron chi connectivity index (χ1n) is 4.44. The Morgan fingerprint density at radius 2 is 2.38 bits per heavy atom. The van der Waals surface area contributed by atoms with Crippen molar-refractivity contribution in [3.8, 4) is 5.88 Å². The van der Waals surface area contributed by atoms with Gasteiger partial charge in [0.15, 0.2) is 5.84 Å². The minimum absolute atomic E-state index is 0.0935. The van der Waals surface area contributed by atoms with Crippen molar-refractivity contribution in [2.45, 2.75) is 0 Å². The highest BCUT2D eigenvalue weighted by Gasteiger charge is 2.11. The third-order valence-corrected chi connectivity index (χ3v) is 2.13. The number of nitrogens with two attached hydrogens (primary N) is 1. The molecule has 0 saturated carbocycles. The van der Waals surface area contributed by atoms with Crippen LogP contribution < -0.4 is 10.5 Å². The molecule has 0 aliphatic heterocycles. The molecule has 1 aromatic heterocycles. The van der Waals surface area contributed by atoms with Crippen LogP contribution in [0.3, 0.4) is 0 Å².